The van der Waals surface area contributed by atoms with Crippen LogP contribution in [-0.4, -0.2) is 0 Å². The third-order valence-corrected chi connectivity index (χ3v) is 11.2. The molecule has 2 aliphatic carbocycles. The first-order valence-corrected chi connectivity index (χ1v) is 16.2. The average Bonchev–Trinajstić information content (AvgIpc) is 3.32. The van der Waals surface area contributed by atoms with Crippen LogP contribution in [0.2, 0.25) is 0 Å². The molecular weight excluding hydrogens is 540 g/mol. The van der Waals surface area contributed by atoms with Gasteiger partial charge in [-0.2, -0.15) is 0 Å². The summed E-state index contributed by atoms with van der Waals surface area (Å²) in [7, 11) is 0. The molecule has 2 aliphatic rings. The van der Waals surface area contributed by atoms with Crippen LogP contribution in [0.1, 0.15) is 72.2 Å². The molecule has 9 rings (SSSR count). The van der Waals surface area contributed by atoms with Gasteiger partial charge in [-0.05, 0) is 83.2 Å². The quantitative estimate of drug-likeness (QED) is 0.192. The lowest BCUT2D eigenvalue weighted by Crippen LogP contribution is -2.43. The van der Waals surface area contributed by atoms with Crippen molar-refractivity contribution in [3.05, 3.63) is 190 Å². The van der Waals surface area contributed by atoms with Gasteiger partial charge in [0.25, 0.3) is 0 Å². The standard InChI is InChI=1S/C45H36/c1-43(2)35-19-9-11-21-37(35)45(38-22-12-10-20-36(38)43,32-26-24-29-14-5-6-16-31(29)28-32)40-23-13-18-34-41-33-17-8-7-15-30(33)25-27-39(41)44(3,4)42(34)40/h5-28H,1-4H3. The maximum Gasteiger partial charge on any atom is 0.0710 e. The summed E-state index contributed by atoms with van der Waals surface area (Å²) >= 11 is 0. The summed E-state index contributed by atoms with van der Waals surface area (Å²) in [6.45, 7) is 9.68. The van der Waals surface area contributed by atoms with Crippen LogP contribution in [0.4, 0.5) is 0 Å². The number of benzene rings is 7. The average molecular weight is 577 g/mol. The van der Waals surface area contributed by atoms with Crippen molar-refractivity contribution < 1.29 is 0 Å². The first kappa shape index (κ1) is 26.5. The lowest BCUT2D eigenvalue weighted by atomic mass is 9.53. The zero-order chi connectivity index (χ0) is 30.6. The Kier molecular flexibility index (Phi) is 5.32. The van der Waals surface area contributed by atoms with E-state index in [1.165, 1.54) is 77.2 Å². The molecule has 0 saturated carbocycles. The zero-order valence-electron chi connectivity index (χ0n) is 26.4. The van der Waals surface area contributed by atoms with Crippen molar-refractivity contribution in [1.29, 1.82) is 0 Å². The monoisotopic (exact) mass is 576 g/mol. The SMILES string of the molecule is CC1(C)c2ccccc2C(c2ccc3ccccc3c2)(c2cccc3c2C(C)(C)c2ccc4ccccc4c2-3)c2ccccc21. The summed E-state index contributed by atoms with van der Waals surface area (Å²) in [6, 6.07) is 55.2. The van der Waals surface area contributed by atoms with Gasteiger partial charge in [0.15, 0.2) is 0 Å². The summed E-state index contributed by atoms with van der Waals surface area (Å²) in [5.41, 5.74) is 13.0. The van der Waals surface area contributed by atoms with Crippen LogP contribution < -0.4 is 0 Å². The van der Waals surface area contributed by atoms with Crippen molar-refractivity contribution in [2.24, 2.45) is 0 Å². The number of fused-ring (bicyclic) bond motifs is 8. The molecule has 0 radical (unpaired) electrons. The minimum Gasteiger partial charge on any atom is -0.0619 e. The number of rotatable bonds is 2. The fourth-order valence-electron chi connectivity index (χ4n) is 9.14. The molecule has 0 saturated heterocycles. The molecule has 7 aromatic carbocycles. The van der Waals surface area contributed by atoms with Crippen LogP contribution in [0.3, 0.4) is 0 Å². The predicted octanol–water partition coefficient (Wildman–Crippen LogP) is 11.3. The highest BCUT2D eigenvalue weighted by Crippen LogP contribution is 2.61. The molecule has 0 unspecified atom stereocenters. The van der Waals surface area contributed by atoms with Crippen molar-refractivity contribution in [2.75, 3.05) is 0 Å². The Morgan fingerprint density at radius 1 is 0.378 bits per heavy atom. The van der Waals surface area contributed by atoms with E-state index in [0.717, 1.165) is 0 Å². The number of hydrogen-bond donors (Lipinski definition) is 0. The summed E-state index contributed by atoms with van der Waals surface area (Å²) in [4.78, 5) is 0. The summed E-state index contributed by atoms with van der Waals surface area (Å²) in [5, 5.41) is 5.18. The lowest BCUT2D eigenvalue weighted by Gasteiger charge is -2.49. The molecule has 45 heavy (non-hydrogen) atoms. The molecule has 0 aromatic heterocycles. The molecule has 0 heteroatoms. The van der Waals surface area contributed by atoms with Gasteiger partial charge in [0, 0.05) is 10.8 Å². The molecule has 0 spiro atoms. The molecule has 0 N–H and O–H groups in total. The molecular formula is C45H36. The summed E-state index contributed by atoms with van der Waals surface area (Å²) in [5.74, 6) is 0. The van der Waals surface area contributed by atoms with Gasteiger partial charge in [-0.15, -0.1) is 0 Å². The van der Waals surface area contributed by atoms with Crippen LogP contribution in [0.15, 0.2) is 146 Å². The molecule has 0 heterocycles. The molecule has 0 bridgehead atoms. The first-order chi connectivity index (χ1) is 21.8. The van der Waals surface area contributed by atoms with Gasteiger partial charge in [-0.25, -0.2) is 0 Å². The number of hydrogen-bond acceptors (Lipinski definition) is 0. The minimum atomic E-state index is -0.507. The van der Waals surface area contributed by atoms with Crippen LogP contribution in [0, 0.1) is 0 Å². The normalized spacial score (nSPS) is 16.5. The van der Waals surface area contributed by atoms with E-state index in [9.17, 15) is 0 Å². The van der Waals surface area contributed by atoms with Crippen molar-refractivity contribution >= 4 is 21.5 Å². The lowest BCUT2D eigenvalue weighted by molar-refractivity contribution is 0.549. The largest absolute Gasteiger partial charge is 0.0710 e. The van der Waals surface area contributed by atoms with E-state index < -0.39 is 5.41 Å². The minimum absolute atomic E-state index is 0.139. The maximum atomic E-state index is 2.46. The van der Waals surface area contributed by atoms with Gasteiger partial charge in [0.2, 0.25) is 0 Å². The van der Waals surface area contributed by atoms with E-state index in [4.69, 9.17) is 0 Å². The smallest absolute Gasteiger partial charge is 0.0619 e. The Labute approximate surface area is 266 Å². The Bertz CT molecular complexity index is 2280. The maximum absolute atomic E-state index is 2.46. The Morgan fingerprint density at radius 2 is 0.933 bits per heavy atom. The van der Waals surface area contributed by atoms with Crippen molar-refractivity contribution in [1.82, 2.24) is 0 Å². The molecule has 0 atom stereocenters. The second-order valence-corrected chi connectivity index (χ2v) is 14.1. The third-order valence-electron chi connectivity index (χ3n) is 11.2. The van der Waals surface area contributed by atoms with E-state index in [1.807, 2.05) is 0 Å². The summed E-state index contributed by atoms with van der Waals surface area (Å²) in [6.07, 6.45) is 0. The van der Waals surface area contributed by atoms with Gasteiger partial charge in [-0.1, -0.05) is 167 Å². The van der Waals surface area contributed by atoms with Crippen molar-refractivity contribution in [2.45, 2.75) is 43.9 Å². The van der Waals surface area contributed by atoms with Crippen LogP contribution >= 0.6 is 0 Å². The Balaban J connectivity index is 1.49. The molecule has 0 amide bonds. The van der Waals surface area contributed by atoms with E-state index in [2.05, 4.69) is 173 Å². The van der Waals surface area contributed by atoms with Crippen LogP contribution in [0.25, 0.3) is 32.7 Å². The van der Waals surface area contributed by atoms with Crippen molar-refractivity contribution in [3.63, 3.8) is 0 Å². The third kappa shape index (κ3) is 3.32. The summed E-state index contributed by atoms with van der Waals surface area (Å²) < 4.78 is 0. The van der Waals surface area contributed by atoms with Gasteiger partial charge in [-0.3, -0.25) is 0 Å². The van der Waals surface area contributed by atoms with E-state index in [1.54, 1.807) is 0 Å². The molecule has 7 aromatic rings. The Morgan fingerprint density at radius 3 is 1.64 bits per heavy atom. The highest BCUT2D eigenvalue weighted by atomic mass is 14.5. The van der Waals surface area contributed by atoms with Gasteiger partial charge in [0.05, 0.1) is 5.41 Å². The van der Waals surface area contributed by atoms with Gasteiger partial charge in [0.1, 0.15) is 0 Å². The van der Waals surface area contributed by atoms with E-state index >= 15 is 0 Å². The van der Waals surface area contributed by atoms with Gasteiger partial charge < -0.3 is 0 Å². The Hall–Kier alpha value is -4.94. The molecule has 216 valence electrons. The van der Waals surface area contributed by atoms with E-state index in [-0.39, 0.29) is 10.8 Å². The molecule has 0 fully saturated rings. The zero-order valence-corrected chi connectivity index (χ0v) is 26.4. The second kappa shape index (κ2) is 9.05. The fourth-order valence-corrected chi connectivity index (χ4v) is 9.14. The van der Waals surface area contributed by atoms with Crippen LogP contribution in [0.5, 0.6) is 0 Å². The highest BCUT2D eigenvalue weighted by molar-refractivity contribution is 6.03. The molecule has 0 aliphatic heterocycles. The van der Waals surface area contributed by atoms with Crippen LogP contribution in [-0.2, 0) is 16.2 Å². The van der Waals surface area contributed by atoms with Crippen molar-refractivity contribution in [3.8, 4) is 11.1 Å². The first-order valence-electron chi connectivity index (χ1n) is 16.2. The molecule has 0 nitrogen and oxygen atoms in total. The highest BCUT2D eigenvalue weighted by Gasteiger charge is 2.52. The predicted molar refractivity (Wildman–Crippen MR) is 189 cm³/mol. The second-order valence-electron chi connectivity index (χ2n) is 14.1. The van der Waals surface area contributed by atoms with E-state index in [0.29, 0.717) is 0 Å². The van der Waals surface area contributed by atoms with Gasteiger partial charge >= 0.3 is 0 Å². The fraction of sp³-hybridized carbons (Fsp3) is 0.156. The topological polar surface area (TPSA) is 0 Å².